The van der Waals surface area contributed by atoms with Crippen LogP contribution in [0.15, 0.2) is 36.0 Å². The molecular formula is C29H46N2O6. The van der Waals surface area contributed by atoms with E-state index in [1.54, 1.807) is 13.0 Å². The van der Waals surface area contributed by atoms with Crippen LogP contribution in [-0.4, -0.2) is 61.9 Å². The minimum atomic E-state index is -0.509. The monoisotopic (exact) mass is 518 g/mol. The van der Waals surface area contributed by atoms with Crippen molar-refractivity contribution in [2.45, 2.75) is 110 Å². The maximum Gasteiger partial charge on any atom is 0.407 e. The zero-order valence-corrected chi connectivity index (χ0v) is 23.2. The first-order valence-electron chi connectivity index (χ1n) is 13.8. The van der Waals surface area contributed by atoms with E-state index in [1.807, 2.05) is 6.92 Å². The predicted molar refractivity (Wildman–Crippen MR) is 143 cm³/mol. The zero-order chi connectivity index (χ0) is 26.9. The second-order valence-electron chi connectivity index (χ2n) is 11.4. The molecule has 2 aliphatic heterocycles. The van der Waals surface area contributed by atoms with Gasteiger partial charge in [-0.2, -0.15) is 0 Å². The first-order chi connectivity index (χ1) is 17.6. The van der Waals surface area contributed by atoms with Crippen molar-refractivity contribution < 1.29 is 28.5 Å². The highest BCUT2D eigenvalue weighted by Gasteiger charge is 2.51. The van der Waals surface area contributed by atoms with Crippen molar-refractivity contribution in [2.75, 3.05) is 19.8 Å². The zero-order valence-electron chi connectivity index (χ0n) is 23.2. The highest BCUT2D eigenvalue weighted by atomic mass is 16.7. The molecule has 3 rings (SSSR count). The predicted octanol–water partition coefficient (Wildman–Crippen LogP) is 4.95. The molecule has 1 saturated carbocycles. The summed E-state index contributed by atoms with van der Waals surface area (Å²) in [4.78, 5) is 23.9. The number of amides is 2. The average molecular weight is 519 g/mol. The molecule has 8 nitrogen and oxygen atoms in total. The molecule has 0 bridgehead atoms. The van der Waals surface area contributed by atoms with Gasteiger partial charge in [-0.15, -0.1) is 0 Å². The van der Waals surface area contributed by atoms with E-state index in [1.165, 1.54) is 25.3 Å². The molecule has 0 aromatic heterocycles. The maximum atomic E-state index is 12.2. The normalized spacial score (nSPS) is 27.8. The first-order valence-corrected chi connectivity index (χ1v) is 13.8. The Morgan fingerprint density at radius 2 is 1.89 bits per heavy atom. The van der Waals surface area contributed by atoms with Gasteiger partial charge in [-0.05, 0) is 71.3 Å². The van der Waals surface area contributed by atoms with Crippen LogP contribution in [0.1, 0.15) is 79.6 Å². The number of hydrogen-bond acceptors (Lipinski definition) is 6. The Morgan fingerprint density at radius 3 is 2.57 bits per heavy atom. The highest BCUT2D eigenvalue weighted by molar-refractivity contribution is 5.87. The Bertz CT molecular complexity index is 846. The van der Waals surface area contributed by atoms with E-state index < -0.39 is 12.2 Å². The van der Waals surface area contributed by atoms with Crippen LogP contribution in [-0.2, 0) is 23.7 Å². The number of unbranched alkanes of at least 4 members (excludes halogenated alkanes) is 1. The molecule has 1 aliphatic carbocycles. The lowest BCUT2D eigenvalue weighted by Gasteiger charge is -2.40. The highest BCUT2D eigenvalue weighted by Crippen LogP contribution is 2.58. The van der Waals surface area contributed by atoms with E-state index in [-0.39, 0.29) is 29.9 Å². The Balaban J connectivity index is 1.32. The number of carbonyl (C=O) groups excluding carboxylic acids is 2. The molecule has 208 valence electrons. The minimum absolute atomic E-state index is 0.0522. The summed E-state index contributed by atoms with van der Waals surface area (Å²) in [5.74, 6) is -0.278. The summed E-state index contributed by atoms with van der Waals surface area (Å²) < 4.78 is 23.0. The second-order valence-corrected chi connectivity index (χ2v) is 11.4. The maximum absolute atomic E-state index is 12.2. The van der Waals surface area contributed by atoms with Crippen molar-refractivity contribution in [1.82, 2.24) is 10.6 Å². The SMILES string of the molecule is CCCCNC(=O)O[C@@H](C)/C=C\C(=O)N[C@H]1CO[C@@H](C/C=C(C)/C=C/[C@@H]2CC3(CC3)CC(C)(C)O2)OC1. The van der Waals surface area contributed by atoms with E-state index in [0.717, 1.165) is 24.8 Å². The summed E-state index contributed by atoms with van der Waals surface area (Å²) in [7, 11) is 0. The molecule has 8 heteroatoms. The van der Waals surface area contributed by atoms with Gasteiger partial charge in [0.15, 0.2) is 6.29 Å². The lowest BCUT2D eigenvalue weighted by atomic mass is 9.82. The molecule has 3 fully saturated rings. The quantitative estimate of drug-likeness (QED) is 0.228. The number of carbonyl (C=O) groups is 2. The number of nitrogens with one attached hydrogen (secondary N) is 2. The molecule has 1 spiro atoms. The summed E-state index contributed by atoms with van der Waals surface area (Å²) >= 11 is 0. The van der Waals surface area contributed by atoms with E-state index in [2.05, 4.69) is 49.6 Å². The van der Waals surface area contributed by atoms with Crippen LogP contribution in [0.3, 0.4) is 0 Å². The number of allylic oxidation sites excluding steroid dienone is 2. The molecular weight excluding hydrogens is 472 g/mol. The van der Waals surface area contributed by atoms with Gasteiger partial charge in [0.25, 0.3) is 0 Å². The van der Waals surface area contributed by atoms with Gasteiger partial charge in [0.05, 0.1) is 31.0 Å². The molecule has 0 aromatic rings. The Kier molecular flexibility index (Phi) is 10.8. The van der Waals surface area contributed by atoms with Crippen molar-refractivity contribution >= 4 is 12.0 Å². The molecule has 2 heterocycles. The van der Waals surface area contributed by atoms with Crippen LogP contribution in [0, 0.1) is 5.41 Å². The third-order valence-electron chi connectivity index (χ3n) is 6.99. The average Bonchev–Trinajstić information content (AvgIpc) is 3.57. The van der Waals surface area contributed by atoms with Gasteiger partial charge in [-0.3, -0.25) is 4.79 Å². The van der Waals surface area contributed by atoms with Gasteiger partial charge < -0.3 is 29.6 Å². The van der Waals surface area contributed by atoms with Crippen LogP contribution in [0.5, 0.6) is 0 Å². The van der Waals surface area contributed by atoms with Crippen molar-refractivity contribution in [1.29, 1.82) is 0 Å². The van der Waals surface area contributed by atoms with E-state index in [4.69, 9.17) is 18.9 Å². The standard InChI is InChI=1S/C29H46N2O6/c1-6-7-16-30-27(33)36-22(3)10-12-25(32)31-23-18-34-26(35-19-23)13-9-21(2)8-11-24-17-29(14-15-29)20-28(4,5)37-24/h8-12,22-24,26H,6-7,13-20H2,1-5H3,(H,30,33)(H,31,32)/b11-8+,12-10-,21-9+/t22-,23-,24+,26+/m0/s1. The third-order valence-corrected chi connectivity index (χ3v) is 6.99. The summed E-state index contributed by atoms with van der Waals surface area (Å²) in [5.41, 5.74) is 1.61. The van der Waals surface area contributed by atoms with Gasteiger partial charge >= 0.3 is 6.09 Å². The van der Waals surface area contributed by atoms with Crippen molar-refractivity contribution in [3.8, 4) is 0 Å². The number of ether oxygens (including phenoxy) is 4. The fourth-order valence-electron chi connectivity index (χ4n) is 5.02. The molecule has 0 aromatic carbocycles. The van der Waals surface area contributed by atoms with Gasteiger partial charge in [-0.25, -0.2) is 4.79 Å². The van der Waals surface area contributed by atoms with Crippen molar-refractivity contribution in [3.63, 3.8) is 0 Å². The fraction of sp³-hybridized carbons (Fsp3) is 0.724. The lowest BCUT2D eigenvalue weighted by molar-refractivity contribution is -0.187. The third kappa shape index (κ3) is 10.6. The first kappa shape index (κ1) is 29.4. The molecule has 2 saturated heterocycles. The van der Waals surface area contributed by atoms with E-state index >= 15 is 0 Å². The Labute approximate surface area is 222 Å². The van der Waals surface area contributed by atoms with Crippen LogP contribution in [0.25, 0.3) is 0 Å². The van der Waals surface area contributed by atoms with Gasteiger partial charge in [-0.1, -0.05) is 37.1 Å². The molecule has 0 radical (unpaired) electrons. The Morgan fingerprint density at radius 1 is 1.16 bits per heavy atom. The van der Waals surface area contributed by atoms with Crippen molar-refractivity contribution in [3.05, 3.63) is 36.0 Å². The van der Waals surface area contributed by atoms with E-state index in [0.29, 0.717) is 31.6 Å². The minimum Gasteiger partial charge on any atom is -0.442 e. The Hall–Kier alpha value is -2.16. The van der Waals surface area contributed by atoms with Gasteiger partial charge in [0.1, 0.15) is 6.10 Å². The fourth-order valence-corrected chi connectivity index (χ4v) is 5.02. The van der Waals surface area contributed by atoms with E-state index in [9.17, 15) is 9.59 Å². The van der Waals surface area contributed by atoms with Crippen LogP contribution >= 0.6 is 0 Å². The molecule has 2 N–H and O–H groups in total. The van der Waals surface area contributed by atoms with Gasteiger partial charge in [0, 0.05) is 19.0 Å². The van der Waals surface area contributed by atoms with Crippen LogP contribution < -0.4 is 10.6 Å². The molecule has 0 unspecified atom stereocenters. The summed E-state index contributed by atoms with van der Waals surface area (Å²) in [6.07, 6.45) is 15.7. The number of rotatable bonds is 11. The van der Waals surface area contributed by atoms with Crippen LogP contribution in [0.4, 0.5) is 4.79 Å². The summed E-state index contributed by atoms with van der Waals surface area (Å²) in [5, 5.41) is 5.53. The van der Waals surface area contributed by atoms with Gasteiger partial charge in [0.2, 0.25) is 5.91 Å². The molecule has 2 amide bonds. The van der Waals surface area contributed by atoms with Crippen LogP contribution in [0.2, 0.25) is 0 Å². The largest absolute Gasteiger partial charge is 0.442 e. The molecule has 2 atom stereocenters. The number of alkyl carbamates (subject to hydrolysis) is 1. The topological polar surface area (TPSA) is 95.1 Å². The molecule has 37 heavy (non-hydrogen) atoms. The summed E-state index contributed by atoms with van der Waals surface area (Å²) in [6.45, 7) is 11.6. The lowest BCUT2D eigenvalue weighted by Crippen LogP contribution is -2.46. The summed E-state index contributed by atoms with van der Waals surface area (Å²) in [6, 6.07) is -0.228. The number of hydrogen-bond donors (Lipinski definition) is 2. The van der Waals surface area contributed by atoms with Crippen molar-refractivity contribution in [2.24, 2.45) is 5.41 Å². The second kappa shape index (κ2) is 13.6. The molecule has 3 aliphatic rings. The smallest absolute Gasteiger partial charge is 0.407 e.